The Morgan fingerprint density at radius 2 is 2.10 bits per heavy atom. The number of benzene rings is 1. The molecular weight excluding hydrogens is 248 g/mol. The predicted octanol–water partition coefficient (Wildman–Crippen LogP) is 2.74. The molecule has 1 N–H and O–H groups in total. The van der Waals surface area contributed by atoms with E-state index in [1.165, 1.54) is 11.3 Å². The minimum absolute atomic E-state index is 0.811. The smallest absolute Gasteiger partial charge is 0.161 e. The summed E-state index contributed by atoms with van der Waals surface area (Å²) in [6.07, 6.45) is 2.02. The number of hydrogen-bond acceptors (Lipinski definition) is 4. The number of rotatable bonds is 3. The number of aryl methyl sites for hydroxylation is 1. The zero-order chi connectivity index (χ0) is 14.1. The van der Waals surface area contributed by atoms with Gasteiger partial charge >= 0.3 is 0 Å². The third-order valence-corrected chi connectivity index (χ3v) is 3.86. The summed E-state index contributed by atoms with van der Waals surface area (Å²) in [6, 6.07) is 8.53. The van der Waals surface area contributed by atoms with Crippen molar-refractivity contribution in [3.05, 3.63) is 35.5 Å². The van der Waals surface area contributed by atoms with Crippen molar-refractivity contribution in [2.24, 2.45) is 0 Å². The minimum Gasteiger partial charge on any atom is -0.374 e. The van der Waals surface area contributed by atoms with E-state index in [1.807, 2.05) is 13.1 Å². The second-order valence-electron chi connectivity index (χ2n) is 5.19. The summed E-state index contributed by atoms with van der Waals surface area (Å²) in [7, 11) is 4.03. The maximum Gasteiger partial charge on any atom is 0.161 e. The highest BCUT2D eigenvalue weighted by Gasteiger charge is 2.17. The lowest BCUT2D eigenvalue weighted by atomic mass is 10.1. The first-order valence-electron chi connectivity index (χ1n) is 7.11. The quantitative estimate of drug-likeness (QED) is 0.929. The molecule has 0 atom stereocenters. The number of likely N-dealkylation sites (N-methyl/N-ethyl adjacent to an activating group) is 1. The molecule has 104 valence electrons. The zero-order valence-corrected chi connectivity index (χ0v) is 12.3. The van der Waals surface area contributed by atoms with Crippen molar-refractivity contribution in [2.45, 2.75) is 19.8 Å². The second-order valence-corrected chi connectivity index (χ2v) is 5.19. The van der Waals surface area contributed by atoms with Crippen LogP contribution in [0.2, 0.25) is 0 Å². The van der Waals surface area contributed by atoms with E-state index < -0.39 is 0 Å². The Kier molecular flexibility index (Phi) is 3.30. The predicted molar refractivity (Wildman–Crippen MR) is 83.4 cm³/mol. The molecule has 0 saturated heterocycles. The Morgan fingerprint density at radius 1 is 1.25 bits per heavy atom. The highest BCUT2D eigenvalue weighted by atomic mass is 15.1. The van der Waals surface area contributed by atoms with Gasteiger partial charge in [0.1, 0.15) is 5.82 Å². The van der Waals surface area contributed by atoms with Gasteiger partial charge in [0.15, 0.2) is 5.82 Å². The number of aromatic nitrogens is 2. The maximum atomic E-state index is 4.65. The molecule has 20 heavy (non-hydrogen) atoms. The summed E-state index contributed by atoms with van der Waals surface area (Å²) in [6.45, 7) is 3.21. The van der Waals surface area contributed by atoms with Gasteiger partial charge in [-0.3, -0.25) is 0 Å². The van der Waals surface area contributed by atoms with Crippen molar-refractivity contribution in [1.29, 1.82) is 0 Å². The lowest BCUT2D eigenvalue weighted by Crippen LogP contribution is -2.12. The summed E-state index contributed by atoms with van der Waals surface area (Å²) < 4.78 is 0. The lowest BCUT2D eigenvalue weighted by Gasteiger charge is -2.12. The molecule has 4 heteroatoms. The summed E-state index contributed by atoms with van der Waals surface area (Å²) in [5, 5.41) is 3.11. The Hall–Kier alpha value is -2.10. The molecule has 3 rings (SSSR count). The topological polar surface area (TPSA) is 41.1 Å². The van der Waals surface area contributed by atoms with E-state index in [0.717, 1.165) is 42.3 Å². The molecule has 2 heterocycles. The van der Waals surface area contributed by atoms with Gasteiger partial charge < -0.3 is 10.2 Å². The lowest BCUT2D eigenvalue weighted by molar-refractivity contribution is 0.956. The van der Waals surface area contributed by atoms with Crippen LogP contribution in [0.25, 0.3) is 11.4 Å². The standard InChI is InChI=1S/C16H20N4/c1-4-13-10-15(17-2)19-16(18-13)12-5-6-14-11(9-12)7-8-20(14)3/h5-6,9-10H,4,7-8H2,1-3H3,(H,17,18,19). The van der Waals surface area contributed by atoms with Gasteiger partial charge in [-0.15, -0.1) is 0 Å². The molecule has 1 aromatic carbocycles. The summed E-state index contributed by atoms with van der Waals surface area (Å²) in [5.41, 5.74) is 4.89. The zero-order valence-electron chi connectivity index (χ0n) is 12.3. The monoisotopic (exact) mass is 268 g/mol. The van der Waals surface area contributed by atoms with Crippen molar-refractivity contribution in [2.75, 3.05) is 30.9 Å². The van der Waals surface area contributed by atoms with Crippen LogP contribution in [0.1, 0.15) is 18.2 Å². The number of hydrogen-bond donors (Lipinski definition) is 1. The van der Waals surface area contributed by atoms with Crippen LogP contribution in [0.3, 0.4) is 0 Å². The Bertz CT molecular complexity index is 614. The molecule has 2 aromatic rings. The van der Waals surface area contributed by atoms with Gasteiger partial charge in [-0.25, -0.2) is 9.97 Å². The Morgan fingerprint density at radius 3 is 2.85 bits per heavy atom. The van der Waals surface area contributed by atoms with Crippen LogP contribution in [0, 0.1) is 0 Å². The molecular formula is C16H20N4. The minimum atomic E-state index is 0.811. The van der Waals surface area contributed by atoms with Crippen LogP contribution in [-0.4, -0.2) is 30.6 Å². The number of fused-ring (bicyclic) bond motifs is 1. The SMILES string of the molecule is CCc1cc(NC)nc(-c2ccc3c(c2)CCN3C)n1. The Balaban J connectivity index is 2.05. The van der Waals surface area contributed by atoms with E-state index in [2.05, 4.69) is 52.4 Å². The molecule has 0 spiro atoms. The average Bonchev–Trinajstić information content (AvgIpc) is 2.87. The van der Waals surface area contributed by atoms with E-state index in [4.69, 9.17) is 0 Å². The van der Waals surface area contributed by atoms with Crippen molar-refractivity contribution in [3.63, 3.8) is 0 Å². The fourth-order valence-corrected chi connectivity index (χ4v) is 2.64. The average molecular weight is 268 g/mol. The van der Waals surface area contributed by atoms with Gasteiger partial charge in [-0.1, -0.05) is 6.92 Å². The molecule has 0 amide bonds. The van der Waals surface area contributed by atoms with E-state index in [-0.39, 0.29) is 0 Å². The van der Waals surface area contributed by atoms with Crippen LogP contribution in [0.4, 0.5) is 11.5 Å². The molecule has 1 aliphatic rings. The molecule has 0 aliphatic carbocycles. The van der Waals surface area contributed by atoms with Crippen LogP contribution >= 0.6 is 0 Å². The van der Waals surface area contributed by atoms with Crippen LogP contribution < -0.4 is 10.2 Å². The summed E-state index contributed by atoms with van der Waals surface area (Å²) >= 11 is 0. The first-order valence-corrected chi connectivity index (χ1v) is 7.11. The third kappa shape index (κ3) is 2.22. The normalized spacial score (nSPS) is 13.4. The molecule has 0 radical (unpaired) electrons. The van der Waals surface area contributed by atoms with Gasteiger partial charge in [0.2, 0.25) is 0 Å². The number of nitrogens with zero attached hydrogens (tertiary/aromatic N) is 3. The molecule has 0 bridgehead atoms. The van der Waals surface area contributed by atoms with Crippen molar-refractivity contribution >= 4 is 11.5 Å². The fraction of sp³-hybridized carbons (Fsp3) is 0.375. The highest BCUT2D eigenvalue weighted by molar-refractivity contribution is 5.67. The molecule has 1 aromatic heterocycles. The van der Waals surface area contributed by atoms with Crippen LogP contribution in [0.15, 0.2) is 24.3 Å². The molecule has 1 aliphatic heterocycles. The van der Waals surface area contributed by atoms with Gasteiger partial charge in [-0.2, -0.15) is 0 Å². The number of anilines is 2. The van der Waals surface area contributed by atoms with Gasteiger partial charge in [0, 0.05) is 43.7 Å². The highest BCUT2D eigenvalue weighted by Crippen LogP contribution is 2.30. The maximum absolute atomic E-state index is 4.65. The van der Waals surface area contributed by atoms with Crippen molar-refractivity contribution in [3.8, 4) is 11.4 Å². The fourth-order valence-electron chi connectivity index (χ4n) is 2.64. The van der Waals surface area contributed by atoms with E-state index in [9.17, 15) is 0 Å². The van der Waals surface area contributed by atoms with Crippen molar-refractivity contribution in [1.82, 2.24) is 9.97 Å². The number of nitrogens with one attached hydrogen (secondary N) is 1. The van der Waals surface area contributed by atoms with E-state index in [0.29, 0.717) is 0 Å². The van der Waals surface area contributed by atoms with Crippen LogP contribution in [0.5, 0.6) is 0 Å². The second kappa shape index (κ2) is 5.12. The van der Waals surface area contributed by atoms with Gasteiger partial charge in [0.25, 0.3) is 0 Å². The molecule has 0 unspecified atom stereocenters. The first kappa shape index (κ1) is 12.9. The largest absolute Gasteiger partial charge is 0.374 e. The van der Waals surface area contributed by atoms with E-state index >= 15 is 0 Å². The summed E-state index contributed by atoms with van der Waals surface area (Å²) in [4.78, 5) is 11.5. The van der Waals surface area contributed by atoms with Crippen molar-refractivity contribution < 1.29 is 0 Å². The summed E-state index contributed by atoms with van der Waals surface area (Å²) in [5.74, 6) is 1.69. The Labute approximate surface area is 119 Å². The molecule has 4 nitrogen and oxygen atoms in total. The molecule has 0 fully saturated rings. The third-order valence-electron chi connectivity index (χ3n) is 3.86. The van der Waals surface area contributed by atoms with Crippen LogP contribution in [-0.2, 0) is 12.8 Å². The molecule has 0 saturated carbocycles. The van der Waals surface area contributed by atoms with Gasteiger partial charge in [-0.05, 0) is 36.6 Å². The van der Waals surface area contributed by atoms with Gasteiger partial charge in [0.05, 0.1) is 0 Å². The first-order chi connectivity index (χ1) is 9.71. The van der Waals surface area contributed by atoms with E-state index in [1.54, 1.807) is 0 Å².